The maximum Gasteiger partial charge on any atom is 0.148 e. The van der Waals surface area contributed by atoms with Crippen molar-refractivity contribution in [2.45, 2.75) is 27.3 Å². The summed E-state index contributed by atoms with van der Waals surface area (Å²) < 4.78 is 22.0. The molecule has 0 fully saturated rings. The van der Waals surface area contributed by atoms with E-state index in [1.165, 1.54) is 28.5 Å². The molecule has 0 spiro atoms. The zero-order chi connectivity index (χ0) is 13.1. The van der Waals surface area contributed by atoms with Crippen LogP contribution in [0.25, 0.3) is 0 Å². The van der Waals surface area contributed by atoms with Crippen LogP contribution in [0.1, 0.15) is 22.3 Å². The van der Waals surface area contributed by atoms with Gasteiger partial charge in [-0.1, -0.05) is 17.7 Å². The van der Waals surface area contributed by atoms with Gasteiger partial charge in [-0.2, -0.15) is 0 Å². The zero-order valence-electron chi connectivity index (χ0n) is 11.0. The Kier molecular flexibility index (Phi) is 4.71. The van der Waals surface area contributed by atoms with Gasteiger partial charge in [0, 0.05) is 19.3 Å². The van der Waals surface area contributed by atoms with Gasteiger partial charge in [0.05, 0.1) is 5.75 Å². The number of benzene rings is 1. The second-order valence-electron chi connectivity index (χ2n) is 4.68. The first-order valence-electron chi connectivity index (χ1n) is 5.75. The first-order chi connectivity index (χ1) is 7.79. The minimum Gasteiger partial charge on any atom is -0.312 e. The van der Waals surface area contributed by atoms with Crippen LogP contribution in [-0.4, -0.2) is 27.0 Å². The van der Waals surface area contributed by atoms with E-state index in [9.17, 15) is 8.42 Å². The summed E-state index contributed by atoms with van der Waals surface area (Å²) in [6.45, 7) is 7.50. The van der Waals surface area contributed by atoms with E-state index in [2.05, 4.69) is 38.2 Å². The average Bonchev–Trinajstić information content (AvgIpc) is 2.13. The van der Waals surface area contributed by atoms with Crippen LogP contribution in [0.4, 0.5) is 0 Å². The van der Waals surface area contributed by atoms with Gasteiger partial charge in [-0.25, -0.2) is 8.42 Å². The van der Waals surface area contributed by atoms with Gasteiger partial charge in [0.25, 0.3) is 0 Å². The van der Waals surface area contributed by atoms with E-state index in [-0.39, 0.29) is 5.75 Å². The van der Waals surface area contributed by atoms with E-state index >= 15 is 0 Å². The molecule has 0 saturated heterocycles. The van der Waals surface area contributed by atoms with Crippen molar-refractivity contribution >= 4 is 9.84 Å². The highest BCUT2D eigenvalue weighted by Crippen LogP contribution is 2.15. The minimum atomic E-state index is -2.87. The van der Waals surface area contributed by atoms with E-state index in [4.69, 9.17) is 0 Å². The summed E-state index contributed by atoms with van der Waals surface area (Å²) in [6.07, 6.45) is 1.26. The molecule has 1 N–H and O–H groups in total. The summed E-state index contributed by atoms with van der Waals surface area (Å²) >= 11 is 0. The quantitative estimate of drug-likeness (QED) is 0.815. The molecule has 0 bridgehead atoms. The molecule has 1 rings (SSSR count). The number of hydrogen-bond acceptors (Lipinski definition) is 3. The molecule has 0 atom stereocenters. The predicted octanol–water partition coefficient (Wildman–Crippen LogP) is 1.75. The van der Waals surface area contributed by atoms with E-state index in [0.717, 1.165) is 6.54 Å². The van der Waals surface area contributed by atoms with Gasteiger partial charge in [0.1, 0.15) is 9.84 Å². The molecule has 0 unspecified atom stereocenters. The molecule has 0 heterocycles. The maximum atomic E-state index is 11.0. The third-order valence-electron chi connectivity index (χ3n) is 2.79. The van der Waals surface area contributed by atoms with E-state index in [1.54, 1.807) is 0 Å². The van der Waals surface area contributed by atoms with E-state index in [0.29, 0.717) is 6.54 Å². The van der Waals surface area contributed by atoms with Gasteiger partial charge in [-0.05, 0) is 37.5 Å². The highest BCUT2D eigenvalue weighted by Gasteiger charge is 2.05. The third-order valence-corrected chi connectivity index (χ3v) is 3.74. The van der Waals surface area contributed by atoms with Crippen molar-refractivity contribution in [1.82, 2.24) is 5.32 Å². The maximum absolute atomic E-state index is 11.0. The fourth-order valence-electron chi connectivity index (χ4n) is 1.96. The van der Waals surface area contributed by atoms with Gasteiger partial charge in [0.15, 0.2) is 0 Å². The second-order valence-corrected chi connectivity index (χ2v) is 6.94. The lowest BCUT2D eigenvalue weighted by Crippen LogP contribution is -2.22. The summed E-state index contributed by atoms with van der Waals surface area (Å²) in [6, 6.07) is 4.31. The highest BCUT2D eigenvalue weighted by atomic mass is 32.2. The molecule has 17 heavy (non-hydrogen) atoms. The molecular weight excluding hydrogens is 234 g/mol. The molecule has 0 aliphatic heterocycles. The monoisotopic (exact) mass is 255 g/mol. The van der Waals surface area contributed by atoms with Crippen molar-refractivity contribution in [2.24, 2.45) is 0 Å². The summed E-state index contributed by atoms with van der Waals surface area (Å²) in [4.78, 5) is 0. The van der Waals surface area contributed by atoms with Gasteiger partial charge < -0.3 is 5.32 Å². The Morgan fingerprint density at radius 1 is 1.12 bits per heavy atom. The van der Waals surface area contributed by atoms with Crippen molar-refractivity contribution in [1.29, 1.82) is 0 Å². The molecule has 96 valence electrons. The van der Waals surface area contributed by atoms with E-state index in [1.807, 2.05) is 0 Å². The Morgan fingerprint density at radius 2 is 1.65 bits per heavy atom. The standard InChI is InChI=1S/C13H21NO2S/c1-10-7-11(2)13(12(3)8-10)9-14-5-6-17(4,15)16/h7-8,14H,5-6,9H2,1-4H3. The van der Waals surface area contributed by atoms with Crippen molar-refractivity contribution in [3.05, 3.63) is 34.4 Å². The fraction of sp³-hybridized carbons (Fsp3) is 0.538. The molecule has 3 nitrogen and oxygen atoms in total. The number of aryl methyl sites for hydroxylation is 3. The molecule has 4 heteroatoms. The minimum absolute atomic E-state index is 0.191. The summed E-state index contributed by atoms with van der Waals surface area (Å²) in [5.41, 5.74) is 5.05. The molecule has 0 saturated carbocycles. The summed E-state index contributed by atoms with van der Waals surface area (Å²) in [5, 5.41) is 3.18. The number of rotatable bonds is 5. The third kappa shape index (κ3) is 4.88. The predicted molar refractivity (Wildman–Crippen MR) is 72.1 cm³/mol. The van der Waals surface area contributed by atoms with Crippen molar-refractivity contribution in [2.75, 3.05) is 18.6 Å². The first-order valence-corrected chi connectivity index (χ1v) is 7.81. The van der Waals surface area contributed by atoms with Crippen LogP contribution < -0.4 is 5.32 Å². The first kappa shape index (κ1) is 14.2. The average molecular weight is 255 g/mol. The van der Waals surface area contributed by atoms with Crippen LogP contribution in [-0.2, 0) is 16.4 Å². The zero-order valence-corrected chi connectivity index (χ0v) is 11.8. The molecule has 0 aliphatic rings. The molecule has 0 radical (unpaired) electrons. The number of nitrogens with one attached hydrogen (secondary N) is 1. The number of hydrogen-bond donors (Lipinski definition) is 1. The van der Waals surface area contributed by atoms with Crippen LogP contribution in [0.2, 0.25) is 0 Å². The van der Waals surface area contributed by atoms with Crippen LogP contribution in [0, 0.1) is 20.8 Å². The lowest BCUT2D eigenvalue weighted by molar-refractivity contribution is 0.596. The lowest BCUT2D eigenvalue weighted by atomic mass is 10.00. The van der Waals surface area contributed by atoms with Crippen LogP contribution in [0.5, 0.6) is 0 Å². The number of sulfone groups is 1. The van der Waals surface area contributed by atoms with Gasteiger partial charge in [-0.15, -0.1) is 0 Å². The van der Waals surface area contributed by atoms with E-state index < -0.39 is 9.84 Å². The lowest BCUT2D eigenvalue weighted by Gasteiger charge is -2.12. The Morgan fingerprint density at radius 3 is 2.12 bits per heavy atom. The van der Waals surface area contributed by atoms with Crippen molar-refractivity contribution in [3.63, 3.8) is 0 Å². The second kappa shape index (κ2) is 5.65. The van der Waals surface area contributed by atoms with Crippen molar-refractivity contribution < 1.29 is 8.42 Å². The van der Waals surface area contributed by atoms with Gasteiger partial charge >= 0.3 is 0 Å². The fourth-order valence-corrected chi connectivity index (χ4v) is 2.47. The molecule has 1 aromatic rings. The highest BCUT2D eigenvalue weighted by molar-refractivity contribution is 7.90. The van der Waals surface area contributed by atoms with Crippen LogP contribution >= 0.6 is 0 Å². The summed E-state index contributed by atoms with van der Waals surface area (Å²) in [5.74, 6) is 0.191. The molecule has 0 aromatic heterocycles. The van der Waals surface area contributed by atoms with Gasteiger partial charge in [0.2, 0.25) is 0 Å². The topological polar surface area (TPSA) is 46.2 Å². The molecular formula is C13H21NO2S. The molecule has 0 amide bonds. The van der Waals surface area contributed by atoms with Crippen molar-refractivity contribution in [3.8, 4) is 0 Å². The Hall–Kier alpha value is -0.870. The normalized spacial score (nSPS) is 11.8. The van der Waals surface area contributed by atoms with Crippen LogP contribution in [0.15, 0.2) is 12.1 Å². The Bertz CT molecular complexity index is 469. The summed E-state index contributed by atoms with van der Waals surface area (Å²) in [7, 11) is -2.87. The van der Waals surface area contributed by atoms with Gasteiger partial charge in [-0.3, -0.25) is 0 Å². The smallest absolute Gasteiger partial charge is 0.148 e. The molecule has 0 aliphatic carbocycles. The largest absolute Gasteiger partial charge is 0.312 e. The Labute approximate surface area is 104 Å². The molecule has 1 aromatic carbocycles. The SMILES string of the molecule is Cc1cc(C)c(CNCCS(C)(=O)=O)c(C)c1. The van der Waals surface area contributed by atoms with Crippen LogP contribution in [0.3, 0.4) is 0 Å². The Balaban J connectivity index is 2.58.